The molecule has 7 heteroatoms. The molecular weight excluding hydrogens is 274 g/mol. The molecule has 0 radical (unpaired) electrons. The van der Waals surface area contributed by atoms with Crippen molar-refractivity contribution in [3.8, 4) is 0 Å². The minimum atomic E-state index is -1.18. The third-order valence-corrected chi connectivity index (χ3v) is 3.98. The zero-order chi connectivity index (χ0) is 16.2. The summed E-state index contributed by atoms with van der Waals surface area (Å²) in [6, 6.07) is -0.350. The van der Waals surface area contributed by atoms with E-state index in [0.29, 0.717) is 0 Å². The van der Waals surface area contributed by atoms with Crippen molar-refractivity contribution < 1.29 is 19.5 Å². The van der Waals surface area contributed by atoms with Crippen LogP contribution in [-0.2, 0) is 9.59 Å². The molecule has 0 bridgehead atoms. The second kappa shape index (κ2) is 6.89. The summed E-state index contributed by atoms with van der Waals surface area (Å²) in [5.74, 6) is -1.62. The minimum Gasteiger partial charge on any atom is -0.481 e. The van der Waals surface area contributed by atoms with Crippen molar-refractivity contribution >= 4 is 17.9 Å². The molecule has 2 N–H and O–H groups in total. The average Bonchev–Trinajstić information content (AvgIpc) is 2.37. The number of piperidine rings is 1. The Balaban J connectivity index is 2.49. The van der Waals surface area contributed by atoms with E-state index in [-0.39, 0.29) is 12.5 Å². The van der Waals surface area contributed by atoms with Gasteiger partial charge in [0.15, 0.2) is 0 Å². The Morgan fingerprint density at radius 2 is 1.81 bits per heavy atom. The molecule has 120 valence electrons. The molecule has 1 rings (SSSR count). The number of carboxylic acid groups (broad SMARTS) is 1. The van der Waals surface area contributed by atoms with Gasteiger partial charge < -0.3 is 14.9 Å². The SMILES string of the molecule is CN1CCC(N(C)C(=O)NC(=O)CC(C)(C)C(=O)O)CC1. The first-order chi connectivity index (χ1) is 9.63. The van der Waals surface area contributed by atoms with Crippen molar-refractivity contribution in [1.29, 1.82) is 0 Å². The lowest BCUT2D eigenvalue weighted by atomic mass is 9.89. The lowest BCUT2D eigenvalue weighted by Gasteiger charge is -2.35. The summed E-state index contributed by atoms with van der Waals surface area (Å²) in [5, 5.41) is 11.3. The van der Waals surface area contributed by atoms with Gasteiger partial charge in [-0.1, -0.05) is 0 Å². The van der Waals surface area contributed by atoms with Crippen molar-refractivity contribution in [2.75, 3.05) is 27.2 Å². The van der Waals surface area contributed by atoms with Crippen molar-refractivity contribution in [3.05, 3.63) is 0 Å². The molecular formula is C14H25N3O4. The zero-order valence-corrected chi connectivity index (χ0v) is 13.2. The fourth-order valence-electron chi connectivity index (χ4n) is 2.28. The molecule has 0 aromatic carbocycles. The summed E-state index contributed by atoms with van der Waals surface area (Å²) in [6.45, 7) is 4.75. The van der Waals surface area contributed by atoms with Gasteiger partial charge in [-0.15, -0.1) is 0 Å². The smallest absolute Gasteiger partial charge is 0.324 e. The number of carbonyl (C=O) groups excluding carboxylic acids is 2. The molecule has 1 heterocycles. The summed E-state index contributed by atoms with van der Waals surface area (Å²) >= 11 is 0. The number of imide groups is 1. The number of nitrogens with one attached hydrogen (secondary N) is 1. The van der Waals surface area contributed by atoms with Gasteiger partial charge in [-0.3, -0.25) is 14.9 Å². The van der Waals surface area contributed by atoms with E-state index >= 15 is 0 Å². The van der Waals surface area contributed by atoms with Crippen molar-refractivity contribution in [1.82, 2.24) is 15.1 Å². The number of likely N-dealkylation sites (tertiary alicyclic amines) is 1. The van der Waals surface area contributed by atoms with E-state index in [0.717, 1.165) is 25.9 Å². The van der Waals surface area contributed by atoms with Crippen LogP contribution in [0.4, 0.5) is 4.79 Å². The quantitative estimate of drug-likeness (QED) is 0.799. The monoisotopic (exact) mass is 299 g/mol. The molecule has 0 spiro atoms. The molecule has 7 nitrogen and oxygen atoms in total. The standard InChI is InChI=1S/C14H25N3O4/c1-14(2,12(19)20)9-11(18)15-13(21)17(4)10-5-7-16(3)8-6-10/h10H,5-9H2,1-4H3,(H,19,20)(H,15,18,21). The average molecular weight is 299 g/mol. The normalized spacial score (nSPS) is 17.3. The minimum absolute atomic E-state index is 0.112. The zero-order valence-electron chi connectivity index (χ0n) is 13.2. The van der Waals surface area contributed by atoms with E-state index in [1.807, 2.05) is 7.05 Å². The maximum Gasteiger partial charge on any atom is 0.324 e. The third kappa shape index (κ3) is 5.00. The van der Waals surface area contributed by atoms with E-state index < -0.39 is 23.3 Å². The van der Waals surface area contributed by atoms with E-state index in [1.165, 1.54) is 13.8 Å². The van der Waals surface area contributed by atoms with Crippen LogP contribution in [-0.4, -0.2) is 66.0 Å². The lowest BCUT2D eigenvalue weighted by Crippen LogP contribution is -2.50. The molecule has 1 aliphatic heterocycles. The van der Waals surface area contributed by atoms with Gasteiger partial charge in [-0.2, -0.15) is 0 Å². The third-order valence-electron chi connectivity index (χ3n) is 3.98. The molecule has 0 aromatic heterocycles. The first-order valence-corrected chi connectivity index (χ1v) is 7.12. The fraction of sp³-hybridized carbons (Fsp3) is 0.786. The number of nitrogens with zero attached hydrogens (tertiary/aromatic N) is 2. The van der Waals surface area contributed by atoms with Crippen LogP contribution >= 0.6 is 0 Å². The Morgan fingerprint density at radius 3 is 2.29 bits per heavy atom. The van der Waals surface area contributed by atoms with Crippen LogP contribution in [0.15, 0.2) is 0 Å². The number of urea groups is 1. The molecule has 0 aliphatic carbocycles. The summed E-state index contributed by atoms with van der Waals surface area (Å²) < 4.78 is 0. The molecule has 0 unspecified atom stereocenters. The molecule has 0 atom stereocenters. The molecule has 1 fully saturated rings. The lowest BCUT2D eigenvalue weighted by molar-refractivity contribution is -0.149. The predicted octanol–water partition coefficient (Wildman–Crippen LogP) is 0.749. The van der Waals surface area contributed by atoms with Crippen molar-refractivity contribution in [2.24, 2.45) is 5.41 Å². The van der Waals surface area contributed by atoms with Gasteiger partial charge in [0.25, 0.3) is 0 Å². The molecule has 1 aliphatic rings. The number of carbonyl (C=O) groups is 3. The summed E-state index contributed by atoms with van der Waals surface area (Å²) in [6.07, 6.45) is 1.51. The number of carboxylic acids is 1. The van der Waals surface area contributed by atoms with Crippen LogP contribution < -0.4 is 5.32 Å². The number of amides is 3. The molecule has 0 saturated carbocycles. The van der Waals surface area contributed by atoms with E-state index in [9.17, 15) is 14.4 Å². The molecule has 3 amide bonds. The Labute approximate surface area is 125 Å². The topological polar surface area (TPSA) is 90.0 Å². The fourth-order valence-corrected chi connectivity index (χ4v) is 2.28. The highest BCUT2D eigenvalue weighted by molar-refractivity contribution is 5.96. The Kier molecular flexibility index (Phi) is 5.71. The first-order valence-electron chi connectivity index (χ1n) is 7.12. The second-order valence-electron chi connectivity index (χ2n) is 6.36. The maximum atomic E-state index is 12.0. The van der Waals surface area contributed by atoms with Crippen LogP contribution in [0.1, 0.15) is 33.1 Å². The van der Waals surface area contributed by atoms with Gasteiger partial charge in [-0.05, 0) is 46.8 Å². The van der Waals surface area contributed by atoms with Gasteiger partial charge in [0.05, 0.1) is 5.41 Å². The summed E-state index contributed by atoms with van der Waals surface area (Å²) in [4.78, 5) is 38.5. The van der Waals surface area contributed by atoms with Gasteiger partial charge in [0.2, 0.25) is 5.91 Å². The number of aliphatic carboxylic acids is 1. The van der Waals surface area contributed by atoms with Crippen molar-refractivity contribution in [3.63, 3.8) is 0 Å². The van der Waals surface area contributed by atoms with E-state index in [4.69, 9.17) is 5.11 Å². The van der Waals surface area contributed by atoms with Gasteiger partial charge in [-0.25, -0.2) is 4.79 Å². The largest absolute Gasteiger partial charge is 0.481 e. The van der Waals surface area contributed by atoms with Crippen LogP contribution in [0, 0.1) is 5.41 Å². The maximum absolute atomic E-state index is 12.0. The van der Waals surface area contributed by atoms with Gasteiger partial charge in [0.1, 0.15) is 0 Å². The predicted molar refractivity (Wildman–Crippen MR) is 77.9 cm³/mol. The number of rotatable bonds is 4. The van der Waals surface area contributed by atoms with E-state index in [2.05, 4.69) is 10.2 Å². The Bertz CT molecular complexity index is 414. The Morgan fingerprint density at radius 1 is 1.29 bits per heavy atom. The summed E-state index contributed by atoms with van der Waals surface area (Å²) in [7, 11) is 3.70. The highest BCUT2D eigenvalue weighted by Gasteiger charge is 2.32. The van der Waals surface area contributed by atoms with Crippen LogP contribution in [0.2, 0.25) is 0 Å². The molecule has 1 saturated heterocycles. The van der Waals surface area contributed by atoms with Crippen molar-refractivity contribution in [2.45, 2.75) is 39.2 Å². The molecule has 21 heavy (non-hydrogen) atoms. The first kappa shape index (κ1) is 17.4. The summed E-state index contributed by atoms with van der Waals surface area (Å²) in [5.41, 5.74) is -1.18. The van der Waals surface area contributed by atoms with Crippen LogP contribution in [0.25, 0.3) is 0 Å². The number of hydrogen-bond donors (Lipinski definition) is 2. The second-order valence-corrected chi connectivity index (χ2v) is 6.36. The van der Waals surface area contributed by atoms with Crippen LogP contribution in [0.3, 0.4) is 0 Å². The highest BCUT2D eigenvalue weighted by atomic mass is 16.4. The van der Waals surface area contributed by atoms with E-state index in [1.54, 1.807) is 11.9 Å². The molecule has 0 aromatic rings. The Hall–Kier alpha value is -1.63. The van der Waals surface area contributed by atoms with Crippen LogP contribution in [0.5, 0.6) is 0 Å². The number of hydrogen-bond acceptors (Lipinski definition) is 4. The highest BCUT2D eigenvalue weighted by Crippen LogP contribution is 2.20. The van der Waals surface area contributed by atoms with Gasteiger partial charge in [0, 0.05) is 19.5 Å². The van der Waals surface area contributed by atoms with Gasteiger partial charge >= 0.3 is 12.0 Å².